The fourth-order valence-corrected chi connectivity index (χ4v) is 2.95. The van der Waals surface area contributed by atoms with E-state index in [1.54, 1.807) is 0 Å². The third-order valence-corrected chi connectivity index (χ3v) is 4.03. The smallest absolute Gasteiger partial charge is 0.237 e. The van der Waals surface area contributed by atoms with Crippen molar-refractivity contribution in [2.75, 3.05) is 19.6 Å². The lowest BCUT2D eigenvalue weighted by molar-refractivity contribution is -0.125. The Kier molecular flexibility index (Phi) is 4.01. The highest BCUT2D eigenvalue weighted by Gasteiger charge is 2.35. The van der Waals surface area contributed by atoms with Gasteiger partial charge < -0.3 is 10.2 Å². The third kappa shape index (κ3) is 2.78. The first-order chi connectivity index (χ1) is 8.24. The van der Waals surface area contributed by atoms with Crippen molar-refractivity contribution < 1.29 is 4.79 Å². The number of rotatable bonds is 4. The molecule has 3 aliphatic heterocycles. The topological polar surface area (TPSA) is 56.1 Å². The van der Waals surface area contributed by atoms with E-state index in [1.807, 2.05) is 6.92 Å². The van der Waals surface area contributed by atoms with E-state index in [2.05, 4.69) is 16.3 Å². The minimum Gasteiger partial charge on any atom is -0.351 e. The predicted molar refractivity (Wildman–Crippen MR) is 65.1 cm³/mol. The van der Waals surface area contributed by atoms with Gasteiger partial charge in [0.05, 0.1) is 6.07 Å². The Hall–Kier alpha value is -1.08. The van der Waals surface area contributed by atoms with Gasteiger partial charge in [-0.1, -0.05) is 13.3 Å². The van der Waals surface area contributed by atoms with E-state index in [0.717, 1.165) is 13.0 Å². The molecule has 4 nitrogen and oxygen atoms in total. The summed E-state index contributed by atoms with van der Waals surface area (Å²) in [5, 5.41) is 12.1. The van der Waals surface area contributed by atoms with Crippen molar-refractivity contribution in [1.29, 1.82) is 5.26 Å². The summed E-state index contributed by atoms with van der Waals surface area (Å²) < 4.78 is 0. The quantitative estimate of drug-likeness (QED) is 0.795. The zero-order valence-electron chi connectivity index (χ0n) is 10.5. The number of nitriles is 1. The SMILES string of the molecule is CCCC(C#N)C(=O)NC1CN2CCC1CC2. The molecule has 0 aliphatic carbocycles. The number of carbonyl (C=O) groups is 1. The van der Waals surface area contributed by atoms with Gasteiger partial charge in [0.2, 0.25) is 5.91 Å². The number of nitrogens with one attached hydrogen (secondary N) is 1. The van der Waals surface area contributed by atoms with Crippen LogP contribution in [0.1, 0.15) is 32.6 Å². The van der Waals surface area contributed by atoms with Crippen LogP contribution in [0.15, 0.2) is 0 Å². The van der Waals surface area contributed by atoms with E-state index < -0.39 is 5.92 Å². The minimum absolute atomic E-state index is 0.0619. The second kappa shape index (κ2) is 5.50. The molecule has 2 atom stereocenters. The first kappa shape index (κ1) is 12.4. The molecule has 1 amide bonds. The van der Waals surface area contributed by atoms with Gasteiger partial charge >= 0.3 is 0 Å². The van der Waals surface area contributed by atoms with Crippen LogP contribution >= 0.6 is 0 Å². The van der Waals surface area contributed by atoms with Crippen LogP contribution in [-0.4, -0.2) is 36.5 Å². The number of fused-ring (bicyclic) bond motifs is 3. The summed E-state index contributed by atoms with van der Waals surface area (Å²) in [6.45, 7) is 5.33. The first-order valence-electron chi connectivity index (χ1n) is 6.67. The molecule has 3 heterocycles. The maximum Gasteiger partial charge on any atom is 0.237 e. The Morgan fingerprint density at radius 2 is 2.24 bits per heavy atom. The molecule has 94 valence electrons. The Labute approximate surface area is 103 Å². The summed E-state index contributed by atoms with van der Waals surface area (Å²) in [7, 11) is 0. The van der Waals surface area contributed by atoms with Gasteiger partial charge in [0.1, 0.15) is 5.92 Å². The zero-order valence-corrected chi connectivity index (χ0v) is 10.5. The second-order valence-electron chi connectivity index (χ2n) is 5.22. The molecule has 0 aromatic rings. The van der Waals surface area contributed by atoms with Crippen molar-refractivity contribution in [2.24, 2.45) is 11.8 Å². The van der Waals surface area contributed by atoms with E-state index in [-0.39, 0.29) is 11.9 Å². The van der Waals surface area contributed by atoms with Gasteiger partial charge in [0, 0.05) is 12.6 Å². The molecular weight excluding hydrogens is 214 g/mol. The number of hydrogen-bond donors (Lipinski definition) is 1. The Bertz CT molecular complexity index is 315. The van der Waals surface area contributed by atoms with Gasteiger partial charge in [-0.2, -0.15) is 5.26 Å². The molecule has 0 aromatic heterocycles. The van der Waals surface area contributed by atoms with Crippen LogP contribution in [0.25, 0.3) is 0 Å². The van der Waals surface area contributed by atoms with Gasteiger partial charge in [-0.3, -0.25) is 4.79 Å². The highest BCUT2D eigenvalue weighted by molar-refractivity contribution is 5.81. The molecule has 4 heteroatoms. The van der Waals surface area contributed by atoms with Crippen molar-refractivity contribution in [3.63, 3.8) is 0 Å². The molecule has 3 fully saturated rings. The van der Waals surface area contributed by atoms with Crippen LogP contribution in [0.3, 0.4) is 0 Å². The average Bonchev–Trinajstić information content (AvgIpc) is 2.37. The highest BCUT2D eigenvalue weighted by atomic mass is 16.1. The summed E-state index contributed by atoms with van der Waals surface area (Å²) >= 11 is 0. The van der Waals surface area contributed by atoms with Crippen molar-refractivity contribution in [2.45, 2.75) is 38.6 Å². The van der Waals surface area contributed by atoms with Crippen LogP contribution in [0.4, 0.5) is 0 Å². The molecule has 3 rings (SSSR count). The maximum absolute atomic E-state index is 12.0. The van der Waals surface area contributed by atoms with Gasteiger partial charge in [0.25, 0.3) is 0 Å². The Morgan fingerprint density at radius 1 is 1.53 bits per heavy atom. The third-order valence-electron chi connectivity index (χ3n) is 4.03. The molecule has 0 saturated carbocycles. The van der Waals surface area contributed by atoms with Crippen molar-refractivity contribution >= 4 is 5.91 Å². The lowest BCUT2D eigenvalue weighted by Gasteiger charge is -2.45. The molecule has 0 aromatic carbocycles. The van der Waals surface area contributed by atoms with Crippen molar-refractivity contribution in [1.82, 2.24) is 10.2 Å². The Balaban J connectivity index is 1.88. The lowest BCUT2D eigenvalue weighted by atomic mass is 9.83. The fourth-order valence-electron chi connectivity index (χ4n) is 2.95. The summed E-state index contributed by atoms with van der Waals surface area (Å²) in [6, 6.07) is 2.39. The minimum atomic E-state index is -0.463. The number of amides is 1. The van der Waals surface area contributed by atoms with E-state index in [9.17, 15) is 4.79 Å². The van der Waals surface area contributed by atoms with Crippen LogP contribution < -0.4 is 5.32 Å². The molecule has 2 bridgehead atoms. The van der Waals surface area contributed by atoms with Crippen molar-refractivity contribution in [3.8, 4) is 6.07 Å². The Morgan fingerprint density at radius 3 is 2.71 bits per heavy atom. The number of carbonyl (C=O) groups excluding carboxylic acids is 1. The second-order valence-corrected chi connectivity index (χ2v) is 5.22. The predicted octanol–water partition coefficient (Wildman–Crippen LogP) is 1.14. The lowest BCUT2D eigenvalue weighted by Crippen LogP contribution is -2.57. The largest absolute Gasteiger partial charge is 0.351 e. The van der Waals surface area contributed by atoms with E-state index in [0.29, 0.717) is 12.3 Å². The van der Waals surface area contributed by atoms with Gasteiger partial charge in [-0.25, -0.2) is 0 Å². The van der Waals surface area contributed by atoms with Crippen LogP contribution in [0, 0.1) is 23.2 Å². The van der Waals surface area contributed by atoms with E-state index >= 15 is 0 Å². The zero-order chi connectivity index (χ0) is 12.3. The molecule has 3 aliphatic rings. The first-order valence-corrected chi connectivity index (χ1v) is 6.67. The van der Waals surface area contributed by atoms with E-state index in [4.69, 9.17) is 5.26 Å². The molecule has 3 saturated heterocycles. The normalized spacial score (nSPS) is 32.8. The number of hydrogen-bond acceptors (Lipinski definition) is 3. The number of piperidine rings is 3. The fraction of sp³-hybridized carbons (Fsp3) is 0.846. The number of nitrogens with zero attached hydrogens (tertiary/aromatic N) is 2. The molecule has 0 radical (unpaired) electrons. The van der Waals surface area contributed by atoms with Crippen molar-refractivity contribution in [3.05, 3.63) is 0 Å². The van der Waals surface area contributed by atoms with Gasteiger partial charge in [-0.05, 0) is 38.3 Å². The summed E-state index contributed by atoms with van der Waals surface area (Å²) in [5.41, 5.74) is 0. The van der Waals surface area contributed by atoms with Gasteiger partial charge in [-0.15, -0.1) is 0 Å². The summed E-state index contributed by atoms with van der Waals surface area (Å²) in [6.07, 6.45) is 3.93. The van der Waals surface area contributed by atoms with E-state index in [1.165, 1.54) is 25.9 Å². The highest BCUT2D eigenvalue weighted by Crippen LogP contribution is 2.27. The molecule has 2 unspecified atom stereocenters. The van der Waals surface area contributed by atoms with Crippen LogP contribution in [-0.2, 0) is 4.79 Å². The molecule has 0 spiro atoms. The summed E-state index contributed by atoms with van der Waals surface area (Å²) in [5.74, 6) is 0.105. The monoisotopic (exact) mass is 235 g/mol. The average molecular weight is 235 g/mol. The van der Waals surface area contributed by atoms with Crippen LogP contribution in [0.5, 0.6) is 0 Å². The standard InChI is InChI=1S/C13H21N3O/c1-2-3-11(8-14)13(17)15-12-9-16-6-4-10(12)5-7-16/h10-12H,2-7,9H2,1H3,(H,15,17). The van der Waals surface area contributed by atoms with Gasteiger partial charge in [0.15, 0.2) is 0 Å². The molecule has 17 heavy (non-hydrogen) atoms. The molecule has 1 N–H and O–H groups in total. The summed E-state index contributed by atoms with van der Waals surface area (Å²) in [4.78, 5) is 14.4. The van der Waals surface area contributed by atoms with Crippen LogP contribution in [0.2, 0.25) is 0 Å². The molecular formula is C13H21N3O. The maximum atomic E-state index is 12.0.